The van der Waals surface area contributed by atoms with Gasteiger partial charge in [-0.15, -0.1) is 0 Å². The highest BCUT2D eigenvalue weighted by Crippen LogP contribution is 2.38. The molecular weight excluding hydrogens is 538 g/mol. The van der Waals surface area contributed by atoms with Crippen LogP contribution in [0, 0.1) is 17.6 Å². The lowest BCUT2D eigenvalue weighted by Gasteiger charge is -2.25. The molecule has 214 valence electrons. The maximum Gasteiger partial charge on any atom is 0.412 e. The summed E-state index contributed by atoms with van der Waals surface area (Å²) >= 11 is 0.796. The van der Waals surface area contributed by atoms with E-state index in [0.717, 1.165) is 87.4 Å². The highest BCUT2D eigenvalue weighted by atomic mass is 32.1. The summed E-state index contributed by atoms with van der Waals surface area (Å²) in [6.07, 6.45) is 7.56. The molecule has 1 aliphatic carbocycles. The first-order chi connectivity index (χ1) is 19.1. The van der Waals surface area contributed by atoms with Crippen LogP contribution in [0.15, 0.2) is 24.4 Å². The van der Waals surface area contributed by atoms with Gasteiger partial charge in [0.15, 0.2) is 11.5 Å². The fraction of sp³-hybridized carbons (Fsp3) is 0.500. The van der Waals surface area contributed by atoms with Gasteiger partial charge in [-0.3, -0.25) is 10.1 Å². The number of hydrogen-bond acceptors (Lipinski definition) is 7. The summed E-state index contributed by atoms with van der Waals surface area (Å²) in [6.45, 7) is 7.61. The lowest BCUT2D eigenvalue weighted by Crippen LogP contribution is -2.29. The van der Waals surface area contributed by atoms with Crippen molar-refractivity contribution >= 4 is 39.8 Å². The van der Waals surface area contributed by atoms with E-state index in [-0.39, 0.29) is 21.3 Å². The molecule has 2 N–H and O–H groups in total. The largest absolute Gasteiger partial charge is 0.444 e. The van der Waals surface area contributed by atoms with E-state index >= 15 is 0 Å². The van der Waals surface area contributed by atoms with Crippen LogP contribution in [0.2, 0.25) is 0 Å². The molecule has 1 aliphatic heterocycles. The second-order valence-corrected chi connectivity index (χ2v) is 12.3. The maximum absolute atomic E-state index is 14.6. The predicted molar refractivity (Wildman–Crippen MR) is 151 cm³/mol. The van der Waals surface area contributed by atoms with E-state index in [1.165, 1.54) is 6.07 Å². The lowest BCUT2D eigenvalue weighted by molar-refractivity contribution is 0.0636. The molecule has 1 saturated carbocycles. The van der Waals surface area contributed by atoms with Gasteiger partial charge in [-0.25, -0.2) is 23.2 Å². The van der Waals surface area contributed by atoms with Gasteiger partial charge >= 0.3 is 6.09 Å². The van der Waals surface area contributed by atoms with Crippen molar-refractivity contribution < 1.29 is 23.1 Å². The topological polar surface area (TPSA) is 101 Å². The predicted octanol–water partition coefficient (Wildman–Crippen LogP) is 6.67. The molecule has 0 unspecified atom stereocenters. The number of nitrogens with zero attached hydrogens (tertiary/aromatic N) is 4. The van der Waals surface area contributed by atoms with Crippen LogP contribution < -0.4 is 15.5 Å². The van der Waals surface area contributed by atoms with Gasteiger partial charge in [0.05, 0.1) is 11.8 Å². The molecule has 12 heteroatoms. The number of aromatic nitrogens is 3. The van der Waals surface area contributed by atoms with Gasteiger partial charge in [-0.1, -0.05) is 30.2 Å². The molecule has 1 saturated heterocycles. The summed E-state index contributed by atoms with van der Waals surface area (Å²) in [5.74, 6) is -0.856. The minimum Gasteiger partial charge on any atom is -0.444 e. The Hall–Kier alpha value is -3.54. The summed E-state index contributed by atoms with van der Waals surface area (Å²) in [5, 5.41) is 9.99. The second kappa shape index (κ2) is 11.5. The summed E-state index contributed by atoms with van der Waals surface area (Å²) in [7, 11) is 0. The van der Waals surface area contributed by atoms with Crippen LogP contribution in [0.4, 0.5) is 30.1 Å². The molecule has 1 aromatic carbocycles. The van der Waals surface area contributed by atoms with E-state index in [1.807, 2.05) is 4.68 Å². The number of nitrogens with one attached hydrogen (secondary N) is 2. The number of carbonyl (C=O) groups is 2. The Morgan fingerprint density at radius 2 is 1.75 bits per heavy atom. The highest BCUT2D eigenvalue weighted by Gasteiger charge is 2.29. The summed E-state index contributed by atoms with van der Waals surface area (Å²) in [5.41, 5.74) is -0.815. The zero-order valence-electron chi connectivity index (χ0n) is 22.9. The first-order valence-corrected chi connectivity index (χ1v) is 14.5. The van der Waals surface area contributed by atoms with Crippen LogP contribution in [0.1, 0.15) is 69.8 Å². The number of halogens is 2. The smallest absolute Gasteiger partial charge is 0.412 e. The van der Waals surface area contributed by atoms with Crippen molar-refractivity contribution in [2.75, 3.05) is 28.6 Å². The number of ether oxygens (including phenoxy) is 1. The standard InChI is InChI=1S/C28H34F2N6O3S/c1-28(2,3)39-27(38)34-25-22(33-24(40-25)21-18(29)9-8-10-19(21)30)23(37)32-20-15-31-36(16-17-11-12-17)26(20)35-13-6-4-5-7-14-35/h8-10,15,17H,4-7,11-14,16H2,1-3H3,(H,32,37)(H,34,38). The van der Waals surface area contributed by atoms with Crippen LogP contribution in [-0.4, -0.2) is 45.5 Å². The molecule has 0 atom stereocenters. The number of carbonyl (C=O) groups excluding carboxylic acids is 2. The summed E-state index contributed by atoms with van der Waals surface area (Å²) in [6, 6.07) is 3.48. The number of amides is 2. The third-order valence-corrected chi connectivity index (χ3v) is 7.72. The summed E-state index contributed by atoms with van der Waals surface area (Å²) in [4.78, 5) is 32.8. The molecule has 0 spiro atoms. The van der Waals surface area contributed by atoms with Crippen molar-refractivity contribution in [1.82, 2.24) is 14.8 Å². The van der Waals surface area contributed by atoms with Crippen LogP contribution in [0.5, 0.6) is 0 Å². The van der Waals surface area contributed by atoms with Gasteiger partial charge in [-0.2, -0.15) is 5.10 Å². The SMILES string of the molecule is CC(C)(C)OC(=O)Nc1sc(-c2c(F)cccc2F)nc1C(=O)Nc1cnn(CC2CC2)c1N1CCCCCC1. The van der Waals surface area contributed by atoms with E-state index in [9.17, 15) is 18.4 Å². The molecule has 3 heterocycles. The minimum absolute atomic E-state index is 0.0195. The van der Waals surface area contributed by atoms with Crippen molar-refractivity contribution in [3.63, 3.8) is 0 Å². The van der Waals surface area contributed by atoms with E-state index < -0.39 is 29.2 Å². The molecule has 9 nitrogen and oxygen atoms in total. The van der Waals surface area contributed by atoms with Crippen LogP contribution in [-0.2, 0) is 11.3 Å². The average molecular weight is 573 g/mol. The maximum atomic E-state index is 14.6. The van der Waals surface area contributed by atoms with Crippen molar-refractivity contribution in [2.24, 2.45) is 5.92 Å². The first kappa shape index (κ1) is 28.0. The molecule has 3 aromatic rings. The zero-order valence-corrected chi connectivity index (χ0v) is 23.7. The zero-order chi connectivity index (χ0) is 28.4. The van der Waals surface area contributed by atoms with Gasteiger partial charge in [-0.05, 0) is 64.5 Å². The van der Waals surface area contributed by atoms with E-state index in [1.54, 1.807) is 27.0 Å². The Labute approximate surface area is 235 Å². The molecule has 40 heavy (non-hydrogen) atoms. The van der Waals surface area contributed by atoms with Crippen molar-refractivity contribution in [1.29, 1.82) is 0 Å². The normalized spacial score (nSPS) is 16.0. The fourth-order valence-electron chi connectivity index (χ4n) is 4.71. The molecule has 5 rings (SSSR count). The number of benzene rings is 1. The van der Waals surface area contributed by atoms with Crippen molar-refractivity contribution in [3.8, 4) is 10.6 Å². The number of thiazole rings is 1. The van der Waals surface area contributed by atoms with Gasteiger partial charge in [0.1, 0.15) is 32.9 Å². The van der Waals surface area contributed by atoms with Gasteiger partial charge in [0.2, 0.25) is 0 Å². The molecule has 2 fully saturated rings. The Morgan fingerprint density at radius 1 is 1.07 bits per heavy atom. The number of anilines is 3. The molecule has 2 amide bonds. The van der Waals surface area contributed by atoms with Crippen LogP contribution in [0.3, 0.4) is 0 Å². The molecular formula is C28H34F2N6O3S. The van der Waals surface area contributed by atoms with E-state index in [4.69, 9.17) is 4.74 Å². The van der Waals surface area contributed by atoms with Crippen molar-refractivity contribution in [2.45, 2.75) is 71.4 Å². The van der Waals surface area contributed by atoms with Crippen LogP contribution >= 0.6 is 11.3 Å². The Kier molecular flexibility index (Phi) is 8.07. The first-order valence-electron chi connectivity index (χ1n) is 13.7. The van der Waals surface area contributed by atoms with E-state index in [2.05, 4.69) is 25.6 Å². The van der Waals surface area contributed by atoms with Crippen molar-refractivity contribution in [3.05, 3.63) is 41.7 Å². The quantitative estimate of drug-likeness (QED) is 0.328. The molecule has 2 aliphatic rings. The van der Waals surface area contributed by atoms with Gasteiger partial charge < -0.3 is 15.0 Å². The Balaban J connectivity index is 1.48. The average Bonchev–Trinajstić information content (AvgIpc) is 3.55. The third kappa shape index (κ3) is 6.60. The van der Waals surface area contributed by atoms with Gasteiger partial charge in [0.25, 0.3) is 5.91 Å². The van der Waals surface area contributed by atoms with Gasteiger partial charge in [0, 0.05) is 19.6 Å². The Bertz CT molecular complexity index is 1370. The highest BCUT2D eigenvalue weighted by molar-refractivity contribution is 7.19. The monoisotopic (exact) mass is 572 g/mol. The van der Waals surface area contributed by atoms with Crippen LogP contribution in [0.25, 0.3) is 10.6 Å². The molecule has 2 aromatic heterocycles. The number of hydrogen-bond donors (Lipinski definition) is 2. The molecule has 0 bridgehead atoms. The Morgan fingerprint density at radius 3 is 2.38 bits per heavy atom. The fourth-order valence-corrected chi connectivity index (χ4v) is 5.70. The number of rotatable bonds is 7. The third-order valence-electron chi connectivity index (χ3n) is 6.73. The minimum atomic E-state index is -0.825. The lowest BCUT2D eigenvalue weighted by atomic mass is 10.2. The second-order valence-electron chi connectivity index (χ2n) is 11.3. The van der Waals surface area contributed by atoms with E-state index in [0.29, 0.717) is 11.6 Å². The summed E-state index contributed by atoms with van der Waals surface area (Å²) < 4.78 is 36.5. The molecule has 0 radical (unpaired) electrons.